The Labute approximate surface area is 211 Å². The lowest BCUT2D eigenvalue weighted by Gasteiger charge is -2.11. The standard InChI is InChI=1S/C30H56O4/c1-5-7-9-11-13-15-17-19-21-27(3)25-33-29(31)23-24-30(32)34-26-28(4)22-20-18-16-14-12-10-8-6-2/h23-24,27-28H,5-22,25-26H2,1-4H3. The van der Waals surface area contributed by atoms with Crippen LogP contribution in [0.15, 0.2) is 12.2 Å². The molecule has 200 valence electrons. The molecule has 0 aromatic rings. The predicted octanol–water partition coefficient (Wildman–Crippen LogP) is 8.96. The van der Waals surface area contributed by atoms with Crippen molar-refractivity contribution < 1.29 is 19.1 Å². The summed E-state index contributed by atoms with van der Waals surface area (Å²) in [6.07, 6.45) is 25.4. The van der Waals surface area contributed by atoms with Crippen LogP contribution in [-0.4, -0.2) is 25.2 Å². The van der Waals surface area contributed by atoms with Crippen molar-refractivity contribution in [2.24, 2.45) is 11.8 Å². The lowest BCUT2D eigenvalue weighted by atomic mass is 10.0. The highest BCUT2D eigenvalue weighted by atomic mass is 16.5. The van der Waals surface area contributed by atoms with Crippen molar-refractivity contribution in [1.29, 1.82) is 0 Å². The van der Waals surface area contributed by atoms with Crippen LogP contribution in [0, 0.1) is 11.8 Å². The maximum Gasteiger partial charge on any atom is 0.331 e. The topological polar surface area (TPSA) is 52.6 Å². The first kappa shape index (κ1) is 32.7. The van der Waals surface area contributed by atoms with Crippen molar-refractivity contribution in [3.63, 3.8) is 0 Å². The average Bonchev–Trinajstić information content (AvgIpc) is 2.83. The van der Waals surface area contributed by atoms with E-state index in [0.717, 1.165) is 12.8 Å². The summed E-state index contributed by atoms with van der Waals surface area (Å²) in [4.78, 5) is 23.7. The number of rotatable bonds is 24. The molecular formula is C30H56O4. The molecule has 2 atom stereocenters. The van der Waals surface area contributed by atoms with Gasteiger partial charge in [-0.15, -0.1) is 0 Å². The van der Waals surface area contributed by atoms with Gasteiger partial charge in [0.2, 0.25) is 0 Å². The first-order valence-corrected chi connectivity index (χ1v) is 14.5. The number of hydrogen-bond acceptors (Lipinski definition) is 4. The van der Waals surface area contributed by atoms with E-state index < -0.39 is 11.9 Å². The summed E-state index contributed by atoms with van der Waals surface area (Å²) in [6.45, 7) is 9.53. The second-order valence-corrected chi connectivity index (χ2v) is 10.3. The van der Waals surface area contributed by atoms with Crippen LogP contribution in [-0.2, 0) is 19.1 Å². The molecule has 0 heterocycles. The quantitative estimate of drug-likeness (QED) is 0.0785. The predicted molar refractivity (Wildman–Crippen MR) is 144 cm³/mol. The van der Waals surface area contributed by atoms with E-state index in [1.54, 1.807) is 0 Å². The molecule has 0 aliphatic carbocycles. The van der Waals surface area contributed by atoms with Crippen LogP contribution in [0.5, 0.6) is 0 Å². The molecule has 2 unspecified atom stereocenters. The monoisotopic (exact) mass is 480 g/mol. The Bertz CT molecular complexity index is 456. The molecule has 0 aliphatic heterocycles. The third-order valence-corrected chi connectivity index (χ3v) is 6.48. The van der Waals surface area contributed by atoms with Gasteiger partial charge in [-0.2, -0.15) is 0 Å². The molecule has 4 heteroatoms. The van der Waals surface area contributed by atoms with Crippen molar-refractivity contribution in [2.45, 2.75) is 143 Å². The van der Waals surface area contributed by atoms with Crippen molar-refractivity contribution >= 4 is 11.9 Å². The van der Waals surface area contributed by atoms with Crippen LogP contribution >= 0.6 is 0 Å². The number of esters is 2. The summed E-state index contributed by atoms with van der Waals surface area (Å²) in [6, 6.07) is 0. The Hall–Kier alpha value is -1.32. The Morgan fingerprint density at radius 1 is 0.529 bits per heavy atom. The van der Waals surface area contributed by atoms with Crippen LogP contribution < -0.4 is 0 Å². The normalized spacial score (nSPS) is 13.2. The lowest BCUT2D eigenvalue weighted by molar-refractivity contribution is -0.141. The molecule has 0 spiro atoms. The van der Waals surface area contributed by atoms with Crippen LogP contribution in [0.2, 0.25) is 0 Å². The molecule has 34 heavy (non-hydrogen) atoms. The van der Waals surface area contributed by atoms with Gasteiger partial charge in [-0.3, -0.25) is 0 Å². The smallest absolute Gasteiger partial charge is 0.331 e. The van der Waals surface area contributed by atoms with Gasteiger partial charge in [-0.05, 0) is 24.7 Å². The van der Waals surface area contributed by atoms with E-state index in [-0.39, 0.29) is 0 Å². The summed E-state index contributed by atoms with van der Waals surface area (Å²) in [5.74, 6) is -0.235. The van der Waals surface area contributed by atoms with Gasteiger partial charge < -0.3 is 9.47 Å². The molecule has 0 amide bonds. The van der Waals surface area contributed by atoms with Gasteiger partial charge in [0.05, 0.1) is 13.2 Å². The second-order valence-electron chi connectivity index (χ2n) is 10.3. The summed E-state index contributed by atoms with van der Waals surface area (Å²) >= 11 is 0. The van der Waals surface area contributed by atoms with E-state index >= 15 is 0 Å². The fourth-order valence-corrected chi connectivity index (χ4v) is 4.10. The number of carbonyl (C=O) groups is 2. The van der Waals surface area contributed by atoms with Crippen molar-refractivity contribution in [3.8, 4) is 0 Å². The molecule has 0 N–H and O–H groups in total. The molecule has 0 bridgehead atoms. The highest BCUT2D eigenvalue weighted by Crippen LogP contribution is 2.14. The molecule has 0 aliphatic rings. The Morgan fingerprint density at radius 3 is 1.15 bits per heavy atom. The van der Waals surface area contributed by atoms with E-state index in [1.165, 1.54) is 115 Å². The average molecular weight is 481 g/mol. The third-order valence-electron chi connectivity index (χ3n) is 6.48. The summed E-state index contributed by atoms with van der Waals surface area (Å²) in [5.41, 5.74) is 0. The van der Waals surface area contributed by atoms with Gasteiger partial charge in [-0.25, -0.2) is 9.59 Å². The molecule has 0 radical (unpaired) electrons. The van der Waals surface area contributed by atoms with Gasteiger partial charge in [0, 0.05) is 12.2 Å². The highest BCUT2D eigenvalue weighted by molar-refractivity contribution is 5.91. The molecule has 0 aromatic carbocycles. The third kappa shape index (κ3) is 23.8. The lowest BCUT2D eigenvalue weighted by Crippen LogP contribution is -2.12. The number of ether oxygens (including phenoxy) is 2. The maximum absolute atomic E-state index is 11.9. The Morgan fingerprint density at radius 2 is 0.824 bits per heavy atom. The number of carbonyl (C=O) groups excluding carboxylic acids is 2. The maximum atomic E-state index is 11.9. The van der Waals surface area contributed by atoms with Crippen molar-refractivity contribution in [1.82, 2.24) is 0 Å². The van der Waals surface area contributed by atoms with Crippen molar-refractivity contribution in [3.05, 3.63) is 12.2 Å². The minimum absolute atomic E-state index is 0.349. The first-order chi connectivity index (χ1) is 16.5. The van der Waals surface area contributed by atoms with E-state index in [4.69, 9.17) is 9.47 Å². The minimum Gasteiger partial charge on any atom is -0.462 e. The molecular weight excluding hydrogens is 424 g/mol. The molecule has 0 saturated heterocycles. The summed E-state index contributed by atoms with van der Waals surface area (Å²) < 4.78 is 10.6. The zero-order valence-corrected chi connectivity index (χ0v) is 23.1. The Kier molecular flexibility index (Phi) is 23.8. The van der Waals surface area contributed by atoms with Crippen LogP contribution in [0.1, 0.15) is 143 Å². The molecule has 4 nitrogen and oxygen atoms in total. The van der Waals surface area contributed by atoms with E-state index in [1.807, 2.05) is 0 Å². The van der Waals surface area contributed by atoms with Crippen LogP contribution in [0.4, 0.5) is 0 Å². The van der Waals surface area contributed by atoms with Gasteiger partial charge in [-0.1, -0.05) is 130 Å². The zero-order chi connectivity index (χ0) is 25.3. The summed E-state index contributed by atoms with van der Waals surface area (Å²) in [7, 11) is 0. The van der Waals surface area contributed by atoms with E-state index in [0.29, 0.717) is 25.0 Å². The minimum atomic E-state index is -0.466. The van der Waals surface area contributed by atoms with E-state index in [9.17, 15) is 9.59 Å². The molecule has 0 rings (SSSR count). The number of unbranched alkanes of at least 4 members (excludes halogenated alkanes) is 14. The largest absolute Gasteiger partial charge is 0.462 e. The molecule has 0 aromatic heterocycles. The van der Waals surface area contributed by atoms with Gasteiger partial charge in [0.15, 0.2) is 0 Å². The second kappa shape index (κ2) is 24.8. The fourth-order valence-electron chi connectivity index (χ4n) is 4.10. The van der Waals surface area contributed by atoms with Gasteiger partial charge >= 0.3 is 11.9 Å². The first-order valence-electron chi connectivity index (χ1n) is 14.5. The summed E-state index contributed by atoms with van der Waals surface area (Å²) in [5, 5.41) is 0. The molecule has 0 saturated carbocycles. The SMILES string of the molecule is CCCCCCCCCCC(C)COC(=O)C=CC(=O)OCC(C)CCCCCCCCCC. The zero-order valence-electron chi connectivity index (χ0n) is 23.1. The van der Waals surface area contributed by atoms with E-state index in [2.05, 4.69) is 27.7 Å². The highest BCUT2D eigenvalue weighted by Gasteiger charge is 2.08. The molecule has 0 fully saturated rings. The fraction of sp³-hybridized carbons (Fsp3) is 0.867. The van der Waals surface area contributed by atoms with Crippen LogP contribution in [0.25, 0.3) is 0 Å². The van der Waals surface area contributed by atoms with Gasteiger partial charge in [0.25, 0.3) is 0 Å². The number of hydrogen-bond donors (Lipinski definition) is 0. The Balaban J connectivity index is 3.67. The van der Waals surface area contributed by atoms with Crippen molar-refractivity contribution in [2.75, 3.05) is 13.2 Å². The van der Waals surface area contributed by atoms with Gasteiger partial charge in [0.1, 0.15) is 0 Å². The van der Waals surface area contributed by atoms with Crippen LogP contribution in [0.3, 0.4) is 0 Å².